The fourth-order valence-corrected chi connectivity index (χ4v) is 4.00. The van der Waals surface area contributed by atoms with Crippen LogP contribution in [-0.2, 0) is 16.1 Å². The first-order chi connectivity index (χ1) is 14.2. The Balaban J connectivity index is 1.83. The molecule has 0 spiro atoms. The molecule has 0 unspecified atom stereocenters. The molecule has 0 saturated carbocycles. The topological polar surface area (TPSA) is 60.2 Å². The van der Waals surface area contributed by atoms with Crippen LogP contribution in [0.4, 0.5) is 5.69 Å². The Morgan fingerprint density at radius 1 is 1.10 bits per heavy atom. The van der Waals surface area contributed by atoms with Crippen molar-refractivity contribution in [3.63, 3.8) is 0 Å². The Hall–Kier alpha value is -2.64. The number of nitrogens with zero attached hydrogens (tertiary/aromatic N) is 4. The van der Waals surface area contributed by atoms with E-state index < -0.39 is 0 Å². The fraction of sp³-hybridized carbons (Fsp3) is 0.318. The van der Waals surface area contributed by atoms with E-state index in [0.29, 0.717) is 24.9 Å². The van der Waals surface area contributed by atoms with Crippen LogP contribution in [0.2, 0.25) is 0 Å². The van der Waals surface area contributed by atoms with Gasteiger partial charge in [-0.3, -0.25) is 9.36 Å². The SMILES string of the molecule is CCN(C(=O)[C@H](C)Sc1nnc(-c2ccccc2)n1CCOC)c1ccccc1. The molecule has 0 aliphatic heterocycles. The highest BCUT2D eigenvalue weighted by molar-refractivity contribution is 8.00. The second kappa shape index (κ2) is 10.2. The summed E-state index contributed by atoms with van der Waals surface area (Å²) in [5, 5.41) is 9.17. The highest BCUT2D eigenvalue weighted by Gasteiger charge is 2.25. The van der Waals surface area contributed by atoms with E-state index in [1.165, 1.54) is 11.8 Å². The minimum Gasteiger partial charge on any atom is -0.383 e. The lowest BCUT2D eigenvalue weighted by atomic mass is 10.2. The number of para-hydroxylation sites is 1. The quantitative estimate of drug-likeness (QED) is 0.497. The first kappa shape index (κ1) is 21.1. The molecule has 29 heavy (non-hydrogen) atoms. The Bertz CT molecular complexity index is 915. The van der Waals surface area contributed by atoms with Crippen LogP contribution in [0.1, 0.15) is 13.8 Å². The molecule has 7 heteroatoms. The number of aromatic nitrogens is 3. The maximum atomic E-state index is 13.1. The van der Waals surface area contributed by atoms with E-state index in [-0.39, 0.29) is 11.2 Å². The van der Waals surface area contributed by atoms with Crippen LogP contribution in [0, 0.1) is 0 Å². The summed E-state index contributed by atoms with van der Waals surface area (Å²) in [4.78, 5) is 14.9. The number of ether oxygens (including phenoxy) is 1. The molecule has 3 aromatic rings. The smallest absolute Gasteiger partial charge is 0.240 e. The van der Waals surface area contributed by atoms with Crippen LogP contribution in [0.3, 0.4) is 0 Å². The van der Waals surface area contributed by atoms with Gasteiger partial charge in [0, 0.05) is 24.9 Å². The molecule has 0 radical (unpaired) electrons. The average molecular weight is 411 g/mol. The molecular weight excluding hydrogens is 384 g/mol. The van der Waals surface area contributed by atoms with Crippen LogP contribution >= 0.6 is 11.8 Å². The molecule has 0 aliphatic carbocycles. The van der Waals surface area contributed by atoms with E-state index in [1.54, 1.807) is 12.0 Å². The molecule has 0 fully saturated rings. The zero-order valence-corrected chi connectivity index (χ0v) is 17.8. The average Bonchev–Trinajstić information content (AvgIpc) is 3.16. The number of thioether (sulfide) groups is 1. The minimum atomic E-state index is -0.302. The van der Waals surface area contributed by atoms with Gasteiger partial charge in [-0.15, -0.1) is 10.2 Å². The Morgan fingerprint density at radius 2 is 1.76 bits per heavy atom. The molecule has 0 saturated heterocycles. The number of hydrogen-bond donors (Lipinski definition) is 0. The van der Waals surface area contributed by atoms with E-state index in [2.05, 4.69) is 10.2 Å². The fourth-order valence-electron chi connectivity index (χ4n) is 3.06. The highest BCUT2D eigenvalue weighted by atomic mass is 32.2. The number of hydrogen-bond acceptors (Lipinski definition) is 5. The van der Waals surface area contributed by atoms with Crippen molar-refractivity contribution >= 4 is 23.4 Å². The van der Waals surface area contributed by atoms with Gasteiger partial charge in [0.05, 0.1) is 18.4 Å². The third kappa shape index (κ3) is 5.05. The molecule has 0 N–H and O–H groups in total. The Kier molecular flexibility index (Phi) is 7.43. The molecule has 6 nitrogen and oxygen atoms in total. The summed E-state index contributed by atoms with van der Waals surface area (Å²) in [6, 6.07) is 19.7. The maximum Gasteiger partial charge on any atom is 0.240 e. The van der Waals surface area contributed by atoms with E-state index in [1.807, 2.05) is 79.1 Å². The molecule has 1 heterocycles. The molecule has 1 aromatic heterocycles. The number of carbonyl (C=O) groups excluding carboxylic acids is 1. The predicted octanol–water partition coefficient (Wildman–Crippen LogP) is 4.13. The van der Waals surface area contributed by atoms with Gasteiger partial charge in [0.1, 0.15) is 0 Å². The van der Waals surface area contributed by atoms with Gasteiger partial charge in [-0.2, -0.15) is 0 Å². The molecular formula is C22H26N4O2S. The third-order valence-electron chi connectivity index (χ3n) is 4.55. The molecule has 1 atom stereocenters. The minimum absolute atomic E-state index is 0.0475. The number of benzene rings is 2. The lowest BCUT2D eigenvalue weighted by Gasteiger charge is -2.24. The maximum absolute atomic E-state index is 13.1. The van der Waals surface area contributed by atoms with Crippen molar-refractivity contribution in [1.82, 2.24) is 14.8 Å². The van der Waals surface area contributed by atoms with Crippen molar-refractivity contribution in [2.75, 3.05) is 25.2 Å². The second-order valence-corrected chi connectivity index (χ2v) is 7.80. The van der Waals surface area contributed by atoms with Gasteiger partial charge in [0.15, 0.2) is 11.0 Å². The summed E-state index contributed by atoms with van der Waals surface area (Å²) in [6.45, 7) is 5.67. The monoisotopic (exact) mass is 410 g/mol. The lowest BCUT2D eigenvalue weighted by molar-refractivity contribution is -0.117. The largest absolute Gasteiger partial charge is 0.383 e. The predicted molar refractivity (Wildman–Crippen MR) is 117 cm³/mol. The van der Waals surface area contributed by atoms with Crippen molar-refractivity contribution in [1.29, 1.82) is 0 Å². The van der Waals surface area contributed by atoms with Crippen molar-refractivity contribution in [3.05, 3.63) is 60.7 Å². The summed E-state index contributed by atoms with van der Waals surface area (Å²) in [6.07, 6.45) is 0. The molecule has 0 bridgehead atoms. The van der Waals surface area contributed by atoms with E-state index in [9.17, 15) is 4.79 Å². The van der Waals surface area contributed by atoms with Crippen LogP contribution < -0.4 is 4.90 Å². The Labute approximate surface area is 175 Å². The highest BCUT2D eigenvalue weighted by Crippen LogP contribution is 2.28. The first-order valence-electron chi connectivity index (χ1n) is 9.66. The zero-order chi connectivity index (χ0) is 20.6. The second-order valence-electron chi connectivity index (χ2n) is 6.49. The number of rotatable bonds is 9. The molecule has 3 rings (SSSR count). The summed E-state index contributed by atoms with van der Waals surface area (Å²) in [5.74, 6) is 0.825. The number of carbonyl (C=O) groups is 1. The summed E-state index contributed by atoms with van der Waals surface area (Å²) in [7, 11) is 1.67. The van der Waals surface area contributed by atoms with Crippen LogP contribution in [0.25, 0.3) is 11.4 Å². The van der Waals surface area contributed by atoms with Gasteiger partial charge >= 0.3 is 0 Å². The number of amides is 1. The van der Waals surface area contributed by atoms with Gasteiger partial charge in [-0.05, 0) is 26.0 Å². The summed E-state index contributed by atoms with van der Waals surface area (Å²) < 4.78 is 7.29. The molecule has 152 valence electrons. The Morgan fingerprint density at radius 3 is 2.38 bits per heavy atom. The van der Waals surface area contributed by atoms with Gasteiger partial charge in [-0.25, -0.2) is 0 Å². The van der Waals surface area contributed by atoms with Gasteiger partial charge < -0.3 is 9.64 Å². The zero-order valence-electron chi connectivity index (χ0n) is 17.0. The van der Waals surface area contributed by atoms with Crippen LogP contribution in [0.5, 0.6) is 0 Å². The van der Waals surface area contributed by atoms with Crippen molar-refractivity contribution in [3.8, 4) is 11.4 Å². The van der Waals surface area contributed by atoms with Crippen LogP contribution in [-0.4, -0.2) is 46.2 Å². The van der Waals surface area contributed by atoms with E-state index in [4.69, 9.17) is 4.74 Å². The standard InChI is InChI=1S/C22H26N4O2S/c1-4-25(19-13-9-6-10-14-19)21(27)17(2)29-22-24-23-20(26(22)15-16-28-3)18-11-7-5-8-12-18/h5-14,17H,4,15-16H2,1-3H3/t17-/m0/s1. The van der Waals surface area contributed by atoms with Crippen molar-refractivity contribution < 1.29 is 9.53 Å². The van der Waals surface area contributed by atoms with Gasteiger partial charge in [0.2, 0.25) is 5.91 Å². The van der Waals surface area contributed by atoms with Gasteiger partial charge in [-0.1, -0.05) is 60.3 Å². The number of anilines is 1. The lowest BCUT2D eigenvalue weighted by Crippen LogP contribution is -2.36. The molecule has 2 aromatic carbocycles. The normalized spacial score (nSPS) is 12.0. The van der Waals surface area contributed by atoms with E-state index in [0.717, 1.165) is 17.1 Å². The summed E-state index contributed by atoms with van der Waals surface area (Å²) in [5.41, 5.74) is 1.89. The third-order valence-corrected chi connectivity index (χ3v) is 5.62. The van der Waals surface area contributed by atoms with Crippen molar-refractivity contribution in [2.24, 2.45) is 0 Å². The summed E-state index contributed by atoms with van der Waals surface area (Å²) >= 11 is 1.43. The molecule has 1 amide bonds. The first-order valence-corrected chi connectivity index (χ1v) is 10.5. The number of methoxy groups -OCH3 is 1. The molecule has 0 aliphatic rings. The van der Waals surface area contributed by atoms with Crippen LogP contribution in [0.15, 0.2) is 65.8 Å². The van der Waals surface area contributed by atoms with Crippen molar-refractivity contribution in [2.45, 2.75) is 30.8 Å². The van der Waals surface area contributed by atoms with E-state index >= 15 is 0 Å². The van der Waals surface area contributed by atoms with Gasteiger partial charge in [0.25, 0.3) is 0 Å².